The van der Waals surface area contributed by atoms with Crippen LogP contribution in [0.2, 0.25) is 0 Å². The van der Waals surface area contributed by atoms with Crippen molar-refractivity contribution < 1.29 is 4.39 Å². The topological polar surface area (TPSA) is 29.0 Å². The second kappa shape index (κ2) is 5.48. The molecule has 5 heteroatoms. The van der Waals surface area contributed by atoms with E-state index in [1.807, 2.05) is 26.0 Å². The molecule has 1 aromatic carbocycles. The first kappa shape index (κ1) is 13.5. The second-order valence-corrected chi connectivity index (χ2v) is 6.65. The SMILES string of the molecule is Cc1nnc(N2CCC(Cc3ccc(F)c(C)c3)C2)s1. The summed E-state index contributed by atoms with van der Waals surface area (Å²) in [6.45, 7) is 5.87. The van der Waals surface area contributed by atoms with Crippen LogP contribution in [0.4, 0.5) is 9.52 Å². The van der Waals surface area contributed by atoms with Crippen molar-refractivity contribution in [3.8, 4) is 0 Å². The molecule has 2 heterocycles. The van der Waals surface area contributed by atoms with Crippen LogP contribution in [0.25, 0.3) is 0 Å². The van der Waals surface area contributed by atoms with E-state index in [2.05, 4.69) is 15.1 Å². The number of hydrogen-bond acceptors (Lipinski definition) is 4. The first-order chi connectivity index (χ1) is 9.61. The lowest BCUT2D eigenvalue weighted by Crippen LogP contribution is -2.20. The highest BCUT2D eigenvalue weighted by Crippen LogP contribution is 2.28. The van der Waals surface area contributed by atoms with Gasteiger partial charge in [-0.05, 0) is 49.8 Å². The molecule has 3 nitrogen and oxygen atoms in total. The Morgan fingerprint density at radius 2 is 2.20 bits per heavy atom. The Bertz CT molecular complexity index is 611. The van der Waals surface area contributed by atoms with Crippen molar-refractivity contribution in [2.45, 2.75) is 26.7 Å². The van der Waals surface area contributed by atoms with Gasteiger partial charge in [-0.3, -0.25) is 0 Å². The monoisotopic (exact) mass is 291 g/mol. The zero-order valence-electron chi connectivity index (χ0n) is 11.8. The number of halogens is 1. The standard InChI is InChI=1S/C15H18FN3S/c1-10-7-12(3-4-14(10)16)8-13-5-6-19(9-13)15-18-17-11(2)20-15/h3-4,7,13H,5-6,8-9H2,1-2H3. The van der Waals surface area contributed by atoms with Crippen molar-refractivity contribution in [2.75, 3.05) is 18.0 Å². The fraction of sp³-hybridized carbons (Fsp3) is 0.467. The van der Waals surface area contributed by atoms with Gasteiger partial charge in [-0.25, -0.2) is 4.39 Å². The van der Waals surface area contributed by atoms with Crippen LogP contribution in [-0.2, 0) is 6.42 Å². The molecule has 106 valence electrons. The second-order valence-electron chi connectivity index (χ2n) is 5.49. The van der Waals surface area contributed by atoms with E-state index in [1.165, 1.54) is 5.56 Å². The quantitative estimate of drug-likeness (QED) is 0.868. The third kappa shape index (κ3) is 2.82. The third-order valence-electron chi connectivity index (χ3n) is 3.82. The Kier molecular flexibility index (Phi) is 3.70. The molecule has 0 radical (unpaired) electrons. The fourth-order valence-electron chi connectivity index (χ4n) is 2.75. The summed E-state index contributed by atoms with van der Waals surface area (Å²) in [4.78, 5) is 2.31. The van der Waals surface area contributed by atoms with Gasteiger partial charge in [0.15, 0.2) is 0 Å². The molecule has 0 saturated carbocycles. The zero-order chi connectivity index (χ0) is 14.1. The van der Waals surface area contributed by atoms with Crippen LogP contribution in [0.3, 0.4) is 0 Å². The van der Waals surface area contributed by atoms with Gasteiger partial charge in [-0.1, -0.05) is 23.5 Å². The highest BCUT2D eigenvalue weighted by Gasteiger charge is 2.25. The van der Waals surface area contributed by atoms with Crippen LogP contribution in [0.1, 0.15) is 22.6 Å². The average Bonchev–Trinajstić information content (AvgIpc) is 3.03. The zero-order valence-corrected chi connectivity index (χ0v) is 12.6. The first-order valence-corrected chi connectivity index (χ1v) is 7.73. The van der Waals surface area contributed by atoms with Crippen molar-refractivity contribution >= 4 is 16.5 Å². The highest BCUT2D eigenvalue weighted by molar-refractivity contribution is 7.15. The summed E-state index contributed by atoms with van der Waals surface area (Å²) in [5.41, 5.74) is 1.96. The van der Waals surface area contributed by atoms with Gasteiger partial charge >= 0.3 is 0 Å². The van der Waals surface area contributed by atoms with Crippen molar-refractivity contribution in [2.24, 2.45) is 5.92 Å². The van der Waals surface area contributed by atoms with E-state index >= 15 is 0 Å². The van der Waals surface area contributed by atoms with Crippen molar-refractivity contribution in [3.05, 3.63) is 40.2 Å². The lowest BCUT2D eigenvalue weighted by Gasteiger charge is -2.14. The predicted molar refractivity (Wildman–Crippen MR) is 79.8 cm³/mol. The third-order valence-corrected chi connectivity index (χ3v) is 4.72. The van der Waals surface area contributed by atoms with Crippen molar-refractivity contribution in [1.82, 2.24) is 10.2 Å². The Hall–Kier alpha value is -1.49. The Balaban J connectivity index is 1.64. The molecule has 3 rings (SSSR count). The molecule has 2 aromatic rings. The lowest BCUT2D eigenvalue weighted by atomic mass is 9.97. The minimum absolute atomic E-state index is 0.119. The molecular formula is C15H18FN3S. The van der Waals surface area contributed by atoms with Gasteiger partial charge in [0.2, 0.25) is 5.13 Å². The molecule has 0 aliphatic carbocycles. The summed E-state index contributed by atoms with van der Waals surface area (Å²) in [5.74, 6) is 0.496. The Morgan fingerprint density at radius 3 is 2.90 bits per heavy atom. The minimum atomic E-state index is -0.119. The largest absolute Gasteiger partial charge is 0.346 e. The van der Waals surface area contributed by atoms with Gasteiger partial charge in [0.05, 0.1) is 0 Å². The Labute approximate surface area is 122 Å². The van der Waals surface area contributed by atoms with Gasteiger partial charge < -0.3 is 4.90 Å². The number of hydrogen-bond donors (Lipinski definition) is 0. The van der Waals surface area contributed by atoms with E-state index in [-0.39, 0.29) is 5.82 Å². The molecular weight excluding hydrogens is 273 g/mol. The van der Waals surface area contributed by atoms with Gasteiger partial charge in [0.1, 0.15) is 10.8 Å². The molecule has 1 fully saturated rings. The van der Waals surface area contributed by atoms with Crippen LogP contribution in [0.15, 0.2) is 18.2 Å². The lowest BCUT2D eigenvalue weighted by molar-refractivity contribution is 0.581. The normalized spacial score (nSPS) is 18.8. The summed E-state index contributed by atoms with van der Waals surface area (Å²) in [7, 11) is 0. The van der Waals surface area contributed by atoms with Gasteiger partial charge in [-0.2, -0.15) is 0 Å². The number of aromatic nitrogens is 2. The number of nitrogens with zero attached hydrogens (tertiary/aromatic N) is 3. The van der Waals surface area contributed by atoms with Gasteiger partial charge in [0.25, 0.3) is 0 Å². The fourth-order valence-corrected chi connectivity index (χ4v) is 3.48. The molecule has 1 aliphatic heterocycles. The van der Waals surface area contributed by atoms with E-state index in [1.54, 1.807) is 17.4 Å². The molecule has 20 heavy (non-hydrogen) atoms. The maximum atomic E-state index is 13.3. The van der Waals surface area contributed by atoms with E-state index in [9.17, 15) is 4.39 Å². The smallest absolute Gasteiger partial charge is 0.208 e. The van der Waals surface area contributed by atoms with E-state index in [0.29, 0.717) is 5.92 Å². The van der Waals surface area contributed by atoms with Gasteiger partial charge in [0, 0.05) is 13.1 Å². The molecule has 1 aliphatic rings. The van der Waals surface area contributed by atoms with E-state index in [4.69, 9.17) is 0 Å². The minimum Gasteiger partial charge on any atom is -0.346 e. The predicted octanol–water partition coefficient (Wildman–Crippen LogP) is 3.36. The first-order valence-electron chi connectivity index (χ1n) is 6.92. The van der Waals surface area contributed by atoms with Crippen LogP contribution < -0.4 is 4.90 Å². The summed E-state index contributed by atoms with van der Waals surface area (Å²) in [5, 5.41) is 10.3. The number of anilines is 1. The molecule has 0 bridgehead atoms. The maximum Gasteiger partial charge on any atom is 0.208 e. The Morgan fingerprint density at radius 1 is 1.35 bits per heavy atom. The molecule has 1 unspecified atom stereocenters. The van der Waals surface area contributed by atoms with E-state index < -0.39 is 0 Å². The van der Waals surface area contributed by atoms with Crippen LogP contribution >= 0.6 is 11.3 Å². The summed E-state index contributed by atoms with van der Waals surface area (Å²) >= 11 is 1.65. The number of rotatable bonds is 3. The maximum absolute atomic E-state index is 13.3. The highest BCUT2D eigenvalue weighted by atomic mass is 32.1. The van der Waals surface area contributed by atoms with Crippen molar-refractivity contribution in [1.29, 1.82) is 0 Å². The van der Waals surface area contributed by atoms with Gasteiger partial charge in [-0.15, -0.1) is 10.2 Å². The molecule has 0 spiro atoms. The molecule has 1 atom stereocenters. The summed E-state index contributed by atoms with van der Waals surface area (Å²) < 4.78 is 13.3. The number of benzene rings is 1. The van der Waals surface area contributed by atoms with E-state index in [0.717, 1.165) is 41.6 Å². The molecule has 1 aromatic heterocycles. The summed E-state index contributed by atoms with van der Waals surface area (Å²) in [6, 6.07) is 5.44. The summed E-state index contributed by atoms with van der Waals surface area (Å²) in [6.07, 6.45) is 2.17. The molecule has 1 saturated heterocycles. The number of aryl methyl sites for hydroxylation is 2. The van der Waals surface area contributed by atoms with Crippen LogP contribution in [0, 0.1) is 25.6 Å². The molecule has 0 amide bonds. The van der Waals surface area contributed by atoms with Crippen LogP contribution in [-0.4, -0.2) is 23.3 Å². The van der Waals surface area contributed by atoms with Crippen molar-refractivity contribution in [3.63, 3.8) is 0 Å². The van der Waals surface area contributed by atoms with Crippen LogP contribution in [0.5, 0.6) is 0 Å². The average molecular weight is 291 g/mol. The molecule has 0 N–H and O–H groups in total.